The van der Waals surface area contributed by atoms with E-state index in [-0.39, 0.29) is 17.9 Å². The molecule has 1 atom stereocenters. The number of rotatable bonds is 5. The molecule has 1 aromatic carbocycles. The molecule has 4 heterocycles. The van der Waals surface area contributed by atoms with Gasteiger partial charge in [-0.3, -0.25) is 14.5 Å². The highest BCUT2D eigenvalue weighted by Crippen LogP contribution is 2.33. The zero-order valence-electron chi connectivity index (χ0n) is 17.3. The third-order valence-corrected chi connectivity index (χ3v) is 6.05. The molecule has 3 aliphatic heterocycles. The maximum Gasteiger partial charge on any atom is 0.277 e. The van der Waals surface area contributed by atoms with Crippen molar-refractivity contribution in [2.24, 2.45) is 0 Å². The summed E-state index contributed by atoms with van der Waals surface area (Å²) in [5, 5.41) is 0. The van der Waals surface area contributed by atoms with Crippen LogP contribution in [0.3, 0.4) is 0 Å². The van der Waals surface area contributed by atoms with Crippen LogP contribution in [0.25, 0.3) is 5.57 Å². The highest BCUT2D eigenvalue weighted by atomic mass is 16.5. The van der Waals surface area contributed by atoms with E-state index < -0.39 is 0 Å². The van der Waals surface area contributed by atoms with E-state index in [1.54, 1.807) is 18.5 Å². The van der Waals surface area contributed by atoms with Gasteiger partial charge in [0.05, 0.1) is 18.2 Å². The number of nitrogens with zero attached hydrogens (tertiary/aromatic N) is 5. The molecular formula is C23H25N5O3. The minimum Gasteiger partial charge on any atom is -0.376 e. The maximum absolute atomic E-state index is 13.4. The second kappa shape index (κ2) is 8.47. The third kappa shape index (κ3) is 3.79. The molecule has 0 saturated carbocycles. The summed E-state index contributed by atoms with van der Waals surface area (Å²) in [6, 6.07) is 11.3. The third-order valence-electron chi connectivity index (χ3n) is 6.05. The molecule has 0 N–H and O–H groups in total. The summed E-state index contributed by atoms with van der Waals surface area (Å²) in [6.45, 7) is 3.62. The minimum atomic E-state index is -0.226. The van der Waals surface area contributed by atoms with Crippen molar-refractivity contribution in [2.45, 2.75) is 18.9 Å². The number of ether oxygens (including phenoxy) is 1. The summed E-state index contributed by atoms with van der Waals surface area (Å²) in [5.74, 6) is 0.243. The predicted molar refractivity (Wildman–Crippen MR) is 115 cm³/mol. The molecule has 0 bridgehead atoms. The van der Waals surface area contributed by atoms with E-state index in [0.717, 1.165) is 18.4 Å². The lowest BCUT2D eigenvalue weighted by atomic mass is 10.0. The van der Waals surface area contributed by atoms with Gasteiger partial charge in [-0.25, -0.2) is 9.97 Å². The number of hydrogen-bond acceptors (Lipinski definition) is 7. The number of carbonyl (C=O) groups is 2. The van der Waals surface area contributed by atoms with Gasteiger partial charge in [0.2, 0.25) is 5.95 Å². The Morgan fingerprint density at radius 1 is 0.903 bits per heavy atom. The average Bonchev–Trinajstić information content (AvgIpc) is 3.43. The molecule has 3 aliphatic rings. The van der Waals surface area contributed by atoms with Crippen LogP contribution >= 0.6 is 0 Å². The molecule has 160 valence electrons. The lowest BCUT2D eigenvalue weighted by Crippen LogP contribution is -2.48. The Bertz CT molecular complexity index is 981. The van der Waals surface area contributed by atoms with Gasteiger partial charge in [0.25, 0.3) is 11.8 Å². The van der Waals surface area contributed by atoms with E-state index in [1.807, 2.05) is 35.2 Å². The molecule has 8 heteroatoms. The predicted octanol–water partition coefficient (Wildman–Crippen LogP) is 1.56. The van der Waals surface area contributed by atoms with Crippen LogP contribution in [0.5, 0.6) is 0 Å². The highest BCUT2D eigenvalue weighted by Gasteiger charge is 2.43. The minimum absolute atomic E-state index is 0.0728. The molecule has 2 aromatic rings. The largest absolute Gasteiger partial charge is 0.376 e. The summed E-state index contributed by atoms with van der Waals surface area (Å²) in [4.78, 5) is 41.0. The van der Waals surface area contributed by atoms with Gasteiger partial charge in [0, 0.05) is 45.2 Å². The summed E-state index contributed by atoms with van der Waals surface area (Å²) in [5.41, 5.74) is 1.77. The fourth-order valence-corrected chi connectivity index (χ4v) is 4.46. The molecule has 0 aliphatic carbocycles. The Morgan fingerprint density at radius 3 is 2.29 bits per heavy atom. The molecule has 2 saturated heterocycles. The van der Waals surface area contributed by atoms with E-state index in [0.29, 0.717) is 56.5 Å². The fraction of sp³-hybridized carbons (Fsp3) is 0.391. The van der Waals surface area contributed by atoms with Gasteiger partial charge in [-0.05, 0) is 24.5 Å². The van der Waals surface area contributed by atoms with Gasteiger partial charge in [0.15, 0.2) is 0 Å². The van der Waals surface area contributed by atoms with Gasteiger partial charge < -0.3 is 14.5 Å². The van der Waals surface area contributed by atoms with Crippen molar-refractivity contribution in [3.8, 4) is 0 Å². The lowest BCUT2D eigenvalue weighted by Gasteiger charge is -2.36. The summed E-state index contributed by atoms with van der Waals surface area (Å²) in [6.07, 6.45) is 5.23. The number of aromatic nitrogens is 2. The van der Waals surface area contributed by atoms with Crippen molar-refractivity contribution in [1.29, 1.82) is 0 Å². The van der Waals surface area contributed by atoms with Crippen LogP contribution in [-0.2, 0) is 14.3 Å². The molecule has 0 radical (unpaired) electrons. The smallest absolute Gasteiger partial charge is 0.277 e. The van der Waals surface area contributed by atoms with Crippen molar-refractivity contribution in [3.05, 3.63) is 60.1 Å². The normalized spacial score (nSPS) is 22.1. The van der Waals surface area contributed by atoms with Gasteiger partial charge in [-0.2, -0.15) is 0 Å². The van der Waals surface area contributed by atoms with E-state index >= 15 is 0 Å². The van der Waals surface area contributed by atoms with Crippen molar-refractivity contribution in [2.75, 3.05) is 44.2 Å². The zero-order valence-corrected chi connectivity index (χ0v) is 17.3. The molecule has 0 spiro atoms. The van der Waals surface area contributed by atoms with E-state index in [1.165, 1.54) is 4.90 Å². The van der Waals surface area contributed by atoms with Crippen LogP contribution in [0, 0.1) is 0 Å². The molecular weight excluding hydrogens is 394 g/mol. The maximum atomic E-state index is 13.4. The number of benzene rings is 1. The monoisotopic (exact) mass is 419 g/mol. The van der Waals surface area contributed by atoms with Crippen LogP contribution in [0.1, 0.15) is 18.4 Å². The van der Waals surface area contributed by atoms with Crippen LogP contribution < -0.4 is 4.90 Å². The van der Waals surface area contributed by atoms with E-state index in [4.69, 9.17) is 4.74 Å². The molecule has 2 fully saturated rings. The second-order valence-corrected chi connectivity index (χ2v) is 7.97. The Hall–Kier alpha value is -3.26. The Kier molecular flexibility index (Phi) is 5.38. The van der Waals surface area contributed by atoms with Crippen molar-refractivity contribution < 1.29 is 14.3 Å². The molecule has 31 heavy (non-hydrogen) atoms. The lowest BCUT2D eigenvalue weighted by molar-refractivity contribution is -0.139. The molecule has 8 nitrogen and oxygen atoms in total. The van der Waals surface area contributed by atoms with Crippen LogP contribution in [0.2, 0.25) is 0 Å². The number of amides is 2. The zero-order chi connectivity index (χ0) is 21.2. The first-order valence-electron chi connectivity index (χ1n) is 10.8. The standard InChI is InChI=1S/C23H25N5O3/c29-21-19(17-6-2-1-3-7-17)20(22(30)28(21)16-18-8-4-15-31-18)26-11-13-27(14-12-26)23-24-9-5-10-25-23/h1-3,5-7,9-10,18H,4,8,11-16H2. The Balaban J connectivity index is 1.41. The summed E-state index contributed by atoms with van der Waals surface area (Å²) < 4.78 is 5.70. The van der Waals surface area contributed by atoms with E-state index in [9.17, 15) is 9.59 Å². The van der Waals surface area contributed by atoms with Crippen molar-refractivity contribution >= 4 is 23.3 Å². The quantitative estimate of drug-likeness (QED) is 0.681. The van der Waals surface area contributed by atoms with Gasteiger partial charge in [-0.15, -0.1) is 0 Å². The van der Waals surface area contributed by atoms with Crippen LogP contribution in [0.4, 0.5) is 5.95 Å². The fourth-order valence-electron chi connectivity index (χ4n) is 4.46. The molecule has 1 unspecified atom stereocenters. The van der Waals surface area contributed by atoms with Gasteiger partial charge in [-0.1, -0.05) is 30.3 Å². The van der Waals surface area contributed by atoms with Crippen LogP contribution in [-0.4, -0.2) is 77.0 Å². The molecule has 2 amide bonds. The first-order chi connectivity index (χ1) is 15.2. The average molecular weight is 419 g/mol. The molecule has 5 rings (SSSR count). The van der Waals surface area contributed by atoms with Crippen LogP contribution in [0.15, 0.2) is 54.5 Å². The first kappa shape index (κ1) is 19.7. The Morgan fingerprint density at radius 2 is 1.61 bits per heavy atom. The summed E-state index contributed by atoms with van der Waals surface area (Å²) in [7, 11) is 0. The van der Waals surface area contributed by atoms with Gasteiger partial charge in [0.1, 0.15) is 5.70 Å². The van der Waals surface area contributed by atoms with Crippen molar-refractivity contribution in [1.82, 2.24) is 19.8 Å². The highest BCUT2D eigenvalue weighted by molar-refractivity contribution is 6.35. The Labute approximate surface area is 181 Å². The number of hydrogen-bond donors (Lipinski definition) is 0. The number of carbonyl (C=O) groups excluding carboxylic acids is 2. The van der Waals surface area contributed by atoms with E-state index in [2.05, 4.69) is 14.9 Å². The molecule has 1 aromatic heterocycles. The summed E-state index contributed by atoms with van der Waals surface area (Å²) >= 11 is 0. The van der Waals surface area contributed by atoms with Crippen molar-refractivity contribution in [3.63, 3.8) is 0 Å². The number of imide groups is 1. The second-order valence-electron chi connectivity index (χ2n) is 7.97. The SMILES string of the molecule is O=C1C(c2ccccc2)=C(N2CCN(c3ncccn3)CC2)C(=O)N1CC1CCCO1. The number of anilines is 1. The number of piperazine rings is 1. The van der Waals surface area contributed by atoms with Gasteiger partial charge >= 0.3 is 0 Å². The topological polar surface area (TPSA) is 78.9 Å². The first-order valence-corrected chi connectivity index (χ1v) is 10.8.